The van der Waals surface area contributed by atoms with Gasteiger partial charge in [-0.05, 0) is 30.2 Å². The Morgan fingerprint density at radius 2 is 1.76 bits per heavy atom. The van der Waals surface area contributed by atoms with Crippen molar-refractivity contribution in [3.8, 4) is 0 Å². The maximum Gasteiger partial charge on any atom is 0.318 e. The number of carbonyl (C=O) groups excluding carboxylic acids is 2. The number of imide groups is 1. The van der Waals surface area contributed by atoms with Crippen LogP contribution in [0.25, 0.3) is 0 Å². The van der Waals surface area contributed by atoms with Crippen LogP contribution in [0.1, 0.15) is 30.1 Å². The summed E-state index contributed by atoms with van der Waals surface area (Å²) in [6.07, 6.45) is 0. The molecule has 4 N–H and O–H groups in total. The predicted octanol–water partition coefficient (Wildman–Crippen LogP) is 3.72. The van der Waals surface area contributed by atoms with Gasteiger partial charge in [-0.1, -0.05) is 53.5 Å². The minimum absolute atomic E-state index is 0.0907. The average molecular weight is 384 g/mol. The summed E-state index contributed by atoms with van der Waals surface area (Å²) in [5, 5.41) is 5.24. The van der Waals surface area contributed by atoms with E-state index < -0.39 is 29.8 Å². The van der Waals surface area contributed by atoms with Crippen LogP contribution >= 0.6 is 23.2 Å². The molecule has 8 heteroatoms. The highest BCUT2D eigenvalue weighted by atomic mass is 35.5. The normalized spacial score (nSPS) is 13.1. The van der Waals surface area contributed by atoms with Crippen molar-refractivity contribution < 1.29 is 14.0 Å². The summed E-state index contributed by atoms with van der Waals surface area (Å²) < 4.78 is 13.8. The Morgan fingerprint density at radius 1 is 1.12 bits per heavy atom. The minimum Gasteiger partial charge on any atom is -0.351 e. The topological polar surface area (TPSA) is 84.2 Å². The van der Waals surface area contributed by atoms with Crippen LogP contribution in [0, 0.1) is 5.82 Å². The molecule has 25 heavy (non-hydrogen) atoms. The van der Waals surface area contributed by atoms with Crippen molar-refractivity contribution in [1.82, 2.24) is 10.6 Å². The average Bonchev–Trinajstić information content (AvgIpc) is 2.55. The largest absolute Gasteiger partial charge is 0.351 e. The molecular weight excluding hydrogens is 368 g/mol. The zero-order chi connectivity index (χ0) is 18.6. The second kappa shape index (κ2) is 8.29. The van der Waals surface area contributed by atoms with Crippen molar-refractivity contribution >= 4 is 35.1 Å². The summed E-state index contributed by atoms with van der Waals surface area (Å²) in [5.41, 5.74) is 6.06. The van der Waals surface area contributed by atoms with E-state index in [4.69, 9.17) is 28.9 Å². The smallest absolute Gasteiger partial charge is 0.318 e. The number of rotatable bonds is 5. The third-order valence-electron chi connectivity index (χ3n) is 3.56. The Bertz CT molecular complexity index is 787. The highest BCUT2D eigenvalue weighted by Crippen LogP contribution is 2.30. The monoisotopic (exact) mass is 383 g/mol. The molecule has 0 spiro atoms. The molecule has 0 saturated carbocycles. The molecule has 0 heterocycles. The van der Waals surface area contributed by atoms with Gasteiger partial charge in [0.25, 0.3) is 0 Å². The molecule has 132 valence electrons. The fourth-order valence-electron chi connectivity index (χ4n) is 2.37. The van der Waals surface area contributed by atoms with Crippen molar-refractivity contribution in [2.45, 2.75) is 19.0 Å². The van der Waals surface area contributed by atoms with Gasteiger partial charge in [-0.3, -0.25) is 15.4 Å². The van der Waals surface area contributed by atoms with E-state index in [-0.39, 0.29) is 10.0 Å². The summed E-state index contributed by atoms with van der Waals surface area (Å²) in [5.74, 6) is -1.25. The molecule has 0 aliphatic rings. The number of hydrogen-bond acceptors (Lipinski definition) is 3. The molecule has 0 fully saturated rings. The fourth-order valence-corrected chi connectivity index (χ4v) is 2.92. The highest BCUT2D eigenvalue weighted by molar-refractivity contribution is 6.35. The summed E-state index contributed by atoms with van der Waals surface area (Å²) in [6.45, 7) is 1.71. The van der Waals surface area contributed by atoms with E-state index in [0.717, 1.165) is 0 Å². The first-order chi connectivity index (χ1) is 11.8. The number of benzene rings is 2. The molecule has 0 saturated heterocycles. The molecule has 0 bridgehead atoms. The Hall–Kier alpha value is -2.15. The van der Waals surface area contributed by atoms with E-state index >= 15 is 0 Å². The van der Waals surface area contributed by atoms with Crippen LogP contribution in [0.3, 0.4) is 0 Å². The molecule has 2 aromatic carbocycles. The summed E-state index contributed by atoms with van der Waals surface area (Å²) in [7, 11) is 0. The maximum atomic E-state index is 13.8. The van der Waals surface area contributed by atoms with Crippen LogP contribution in [0.4, 0.5) is 9.18 Å². The van der Waals surface area contributed by atoms with Gasteiger partial charge in [0.1, 0.15) is 11.9 Å². The first-order valence-electron chi connectivity index (χ1n) is 7.35. The lowest BCUT2D eigenvalue weighted by atomic mass is 10.0. The number of carbonyl (C=O) groups is 2. The molecule has 2 aromatic rings. The molecule has 2 atom stereocenters. The Labute approximate surface area is 154 Å². The van der Waals surface area contributed by atoms with Crippen molar-refractivity contribution in [2.75, 3.05) is 0 Å². The predicted molar refractivity (Wildman–Crippen MR) is 94.9 cm³/mol. The number of hydrogen-bond donors (Lipinski definition) is 3. The first-order valence-corrected chi connectivity index (χ1v) is 8.11. The van der Waals surface area contributed by atoms with E-state index in [1.807, 2.05) is 5.32 Å². The molecule has 2 rings (SSSR count). The van der Waals surface area contributed by atoms with Crippen molar-refractivity contribution in [1.29, 1.82) is 0 Å². The van der Waals surface area contributed by atoms with E-state index in [0.29, 0.717) is 11.1 Å². The van der Waals surface area contributed by atoms with Gasteiger partial charge in [-0.15, -0.1) is 0 Å². The lowest BCUT2D eigenvalue weighted by Crippen LogP contribution is -2.43. The molecule has 0 unspecified atom stereocenters. The minimum atomic E-state index is -0.962. The van der Waals surface area contributed by atoms with Gasteiger partial charge < -0.3 is 5.73 Å². The SMILES string of the molecule is C[C@@H](N[C@@H](C(=O)NC(N)=O)c1ccccc1)c1cc(F)c(Cl)cc1Cl. The third-order valence-corrected chi connectivity index (χ3v) is 4.18. The van der Waals surface area contributed by atoms with Crippen LogP contribution in [0.5, 0.6) is 0 Å². The number of urea groups is 1. The molecule has 0 radical (unpaired) electrons. The van der Waals surface area contributed by atoms with Crippen LogP contribution in [0.2, 0.25) is 10.0 Å². The van der Waals surface area contributed by atoms with Gasteiger partial charge in [0, 0.05) is 11.1 Å². The standard InChI is InChI=1S/C17H16Cl2FN3O2/c1-9(11-7-14(20)13(19)8-12(11)18)22-15(16(24)23-17(21)25)10-5-3-2-4-6-10/h2-9,15,22H,1H3,(H3,21,23,24,25)/t9-,15-/m1/s1. The number of halogens is 3. The lowest BCUT2D eigenvalue weighted by Gasteiger charge is -2.23. The first kappa shape index (κ1) is 19.2. The van der Waals surface area contributed by atoms with E-state index in [1.54, 1.807) is 37.3 Å². The molecule has 0 aliphatic carbocycles. The number of nitrogens with two attached hydrogens (primary N) is 1. The Kier molecular flexibility index (Phi) is 6.36. The van der Waals surface area contributed by atoms with E-state index in [1.165, 1.54) is 12.1 Å². The molecule has 0 aliphatic heterocycles. The van der Waals surface area contributed by atoms with Crippen molar-refractivity contribution in [2.24, 2.45) is 5.73 Å². The van der Waals surface area contributed by atoms with Crippen molar-refractivity contribution in [3.05, 3.63) is 69.5 Å². The summed E-state index contributed by atoms with van der Waals surface area (Å²) in [4.78, 5) is 23.3. The number of amides is 3. The zero-order valence-corrected chi connectivity index (χ0v) is 14.7. The van der Waals surface area contributed by atoms with Crippen molar-refractivity contribution in [3.63, 3.8) is 0 Å². The number of nitrogens with one attached hydrogen (secondary N) is 2. The molecular formula is C17H16Cl2FN3O2. The van der Waals surface area contributed by atoms with Gasteiger partial charge in [-0.25, -0.2) is 9.18 Å². The third kappa shape index (κ3) is 4.92. The van der Waals surface area contributed by atoms with E-state index in [9.17, 15) is 14.0 Å². The van der Waals surface area contributed by atoms with Gasteiger partial charge in [0.05, 0.1) is 5.02 Å². The second-order valence-electron chi connectivity index (χ2n) is 5.37. The lowest BCUT2D eigenvalue weighted by molar-refractivity contribution is -0.122. The summed E-state index contributed by atoms with van der Waals surface area (Å²) in [6, 6.07) is 8.87. The Morgan fingerprint density at radius 3 is 2.36 bits per heavy atom. The van der Waals surface area contributed by atoms with Crippen LogP contribution < -0.4 is 16.4 Å². The molecule has 3 amide bonds. The quantitative estimate of drug-likeness (QED) is 0.687. The van der Waals surface area contributed by atoms with E-state index in [2.05, 4.69) is 5.32 Å². The molecule has 5 nitrogen and oxygen atoms in total. The van der Waals surface area contributed by atoms with Gasteiger partial charge in [0.15, 0.2) is 0 Å². The molecule has 0 aromatic heterocycles. The second-order valence-corrected chi connectivity index (χ2v) is 6.19. The zero-order valence-electron chi connectivity index (χ0n) is 13.2. The maximum absolute atomic E-state index is 13.8. The van der Waals surface area contributed by atoms with Crippen LogP contribution in [-0.4, -0.2) is 11.9 Å². The van der Waals surface area contributed by atoms with Gasteiger partial charge in [-0.2, -0.15) is 0 Å². The Balaban J connectivity index is 2.31. The summed E-state index contributed by atoms with van der Waals surface area (Å²) >= 11 is 11.8. The fraction of sp³-hybridized carbons (Fsp3) is 0.176. The highest BCUT2D eigenvalue weighted by Gasteiger charge is 2.25. The number of primary amides is 1. The van der Waals surface area contributed by atoms with Crippen LogP contribution in [-0.2, 0) is 4.79 Å². The van der Waals surface area contributed by atoms with Crippen LogP contribution in [0.15, 0.2) is 42.5 Å². The van der Waals surface area contributed by atoms with Gasteiger partial charge in [0.2, 0.25) is 5.91 Å². The van der Waals surface area contributed by atoms with Gasteiger partial charge >= 0.3 is 6.03 Å².